The fraction of sp³-hybridized carbons (Fsp3) is 0.379. The summed E-state index contributed by atoms with van der Waals surface area (Å²) in [5.74, 6) is 0. The van der Waals surface area contributed by atoms with Crippen molar-refractivity contribution in [2.75, 3.05) is 14.7 Å². The lowest BCUT2D eigenvalue weighted by Gasteiger charge is -2.56. The maximum absolute atomic E-state index is 2.74. The van der Waals surface area contributed by atoms with Gasteiger partial charge in [0.2, 0.25) is 0 Å². The summed E-state index contributed by atoms with van der Waals surface area (Å²) in [5, 5.41) is 0. The third kappa shape index (κ3) is 5.91. The highest BCUT2D eigenvalue weighted by atomic mass is 15.3. The molecule has 4 heteroatoms. The Hall–Kier alpha value is -5.22. The van der Waals surface area contributed by atoms with Crippen molar-refractivity contribution in [1.82, 2.24) is 0 Å². The van der Waals surface area contributed by atoms with E-state index in [1.807, 2.05) is 0 Å². The Balaban J connectivity index is 1.36. The number of fused-ring (bicyclic) bond motifs is 7. The zero-order chi connectivity index (χ0) is 44.1. The molecule has 2 unspecified atom stereocenters. The molecule has 0 spiro atoms. The fourth-order valence-electron chi connectivity index (χ4n) is 11.3. The van der Waals surface area contributed by atoms with Gasteiger partial charge in [-0.1, -0.05) is 157 Å². The van der Waals surface area contributed by atoms with E-state index in [2.05, 4.69) is 233 Å². The lowest BCUT2D eigenvalue weighted by molar-refractivity contribution is 0.133. The van der Waals surface area contributed by atoms with Gasteiger partial charge in [-0.15, -0.1) is 0 Å². The van der Waals surface area contributed by atoms with Crippen molar-refractivity contribution < 1.29 is 0 Å². The van der Waals surface area contributed by atoms with Crippen LogP contribution in [0.5, 0.6) is 0 Å². The molecular formula is C58H66BN3. The molecular weight excluding hydrogens is 749 g/mol. The van der Waals surface area contributed by atoms with Crippen LogP contribution in [0.1, 0.15) is 138 Å². The summed E-state index contributed by atoms with van der Waals surface area (Å²) in [7, 11) is 0. The van der Waals surface area contributed by atoms with Crippen LogP contribution in [0.2, 0.25) is 0 Å². The number of rotatable bonds is 3. The molecule has 10 rings (SSSR count). The summed E-state index contributed by atoms with van der Waals surface area (Å²) in [6, 6.07) is 48.0. The third-order valence-corrected chi connectivity index (χ3v) is 15.5. The van der Waals surface area contributed by atoms with E-state index in [4.69, 9.17) is 0 Å². The minimum atomic E-state index is -0.0526. The molecule has 0 aromatic heterocycles. The van der Waals surface area contributed by atoms with Gasteiger partial charge < -0.3 is 14.7 Å². The lowest BCUT2D eigenvalue weighted by Crippen LogP contribution is -2.62. The van der Waals surface area contributed by atoms with Gasteiger partial charge in [0, 0.05) is 50.9 Å². The second-order valence-corrected chi connectivity index (χ2v) is 23.6. The van der Waals surface area contributed by atoms with Crippen LogP contribution < -0.4 is 31.1 Å². The summed E-state index contributed by atoms with van der Waals surface area (Å²) in [6.07, 6.45) is 2.34. The van der Waals surface area contributed by atoms with Crippen molar-refractivity contribution >= 4 is 68.6 Å². The van der Waals surface area contributed by atoms with E-state index in [0.29, 0.717) is 0 Å². The van der Waals surface area contributed by atoms with Crippen LogP contribution in [0.25, 0.3) is 0 Å². The first-order valence-corrected chi connectivity index (χ1v) is 23.2. The third-order valence-electron chi connectivity index (χ3n) is 15.5. The Morgan fingerprint density at radius 3 is 1.31 bits per heavy atom. The van der Waals surface area contributed by atoms with E-state index in [1.54, 1.807) is 0 Å². The second kappa shape index (κ2) is 13.2. The molecule has 1 fully saturated rings. The van der Waals surface area contributed by atoms with Gasteiger partial charge in [-0.05, 0) is 140 Å². The highest BCUT2D eigenvalue weighted by Crippen LogP contribution is 2.65. The van der Waals surface area contributed by atoms with Crippen molar-refractivity contribution in [1.29, 1.82) is 0 Å². The summed E-state index contributed by atoms with van der Waals surface area (Å²) >= 11 is 0. The first-order chi connectivity index (χ1) is 29.0. The van der Waals surface area contributed by atoms with E-state index >= 15 is 0 Å². The SMILES string of the molecule is CC(C)(C)c1cccc(N2c3cc(C(C)(C)C)ccc3B3c4ccc(C(C)(C)C)cc4N(c4cccc(C(C)(C)C)c4)c4cc(N5c6ccccc6C6(C)CCC56C)cc2c43)c1. The van der Waals surface area contributed by atoms with Crippen molar-refractivity contribution in [3.05, 3.63) is 149 Å². The molecule has 62 heavy (non-hydrogen) atoms. The van der Waals surface area contributed by atoms with E-state index < -0.39 is 0 Å². The molecule has 0 saturated heterocycles. The maximum atomic E-state index is 2.74. The molecule has 3 nitrogen and oxygen atoms in total. The molecule has 1 saturated carbocycles. The molecule has 0 radical (unpaired) electrons. The number of hydrogen-bond donors (Lipinski definition) is 0. The smallest absolute Gasteiger partial charge is 0.252 e. The van der Waals surface area contributed by atoms with Gasteiger partial charge in [-0.25, -0.2) is 0 Å². The molecule has 316 valence electrons. The molecule has 3 aliphatic heterocycles. The fourth-order valence-corrected chi connectivity index (χ4v) is 11.3. The largest absolute Gasteiger partial charge is 0.334 e. The highest BCUT2D eigenvalue weighted by Gasteiger charge is 2.63. The molecule has 0 amide bonds. The van der Waals surface area contributed by atoms with E-state index in [0.717, 1.165) is 6.42 Å². The molecule has 6 aromatic carbocycles. The first-order valence-electron chi connectivity index (χ1n) is 23.2. The van der Waals surface area contributed by atoms with Crippen LogP contribution in [0.4, 0.5) is 45.5 Å². The van der Waals surface area contributed by atoms with Crippen LogP contribution in [0.15, 0.2) is 121 Å². The first kappa shape index (κ1) is 40.8. The molecule has 4 aliphatic rings. The topological polar surface area (TPSA) is 9.72 Å². The average Bonchev–Trinajstić information content (AvgIpc) is 3.33. The highest BCUT2D eigenvalue weighted by molar-refractivity contribution is 7.00. The van der Waals surface area contributed by atoms with E-state index in [9.17, 15) is 0 Å². The Morgan fingerprint density at radius 2 is 0.871 bits per heavy atom. The number of nitrogens with zero attached hydrogens (tertiary/aromatic N) is 3. The quantitative estimate of drug-likeness (QED) is 0.165. The molecule has 2 atom stereocenters. The molecule has 3 heterocycles. The standard InChI is InChI=1S/C58H66BN3/c1-53(2,3)37-19-17-21-41(31-37)60-48-33-39(55(7,8)9)25-27-45(48)59-46-28-26-40(56(10,11)12)34-49(46)61(42-22-18-20-38(32-42)54(4,5)6)51-36-43(35-50(60)52(51)59)62-47-24-16-15-23-44(47)57(13)29-30-58(57,62)14/h15-28,31-36H,29-30H2,1-14H3. The summed E-state index contributed by atoms with van der Waals surface area (Å²) < 4.78 is 0. The van der Waals surface area contributed by atoms with Gasteiger partial charge in [0.15, 0.2) is 0 Å². The Kier molecular flexibility index (Phi) is 8.67. The molecule has 6 aromatic rings. The van der Waals surface area contributed by atoms with Crippen LogP contribution in [-0.2, 0) is 27.1 Å². The zero-order valence-electron chi connectivity index (χ0n) is 39.9. The van der Waals surface area contributed by atoms with Gasteiger partial charge in [0.05, 0.1) is 5.54 Å². The number of hydrogen-bond acceptors (Lipinski definition) is 3. The van der Waals surface area contributed by atoms with Gasteiger partial charge in [-0.3, -0.25) is 0 Å². The summed E-state index contributed by atoms with van der Waals surface area (Å²) in [6.45, 7) is 33.2. The number of benzene rings is 6. The molecule has 0 bridgehead atoms. The summed E-state index contributed by atoms with van der Waals surface area (Å²) in [5.41, 5.74) is 21.0. The zero-order valence-corrected chi connectivity index (χ0v) is 39.9. The van der Waals surface area contributed by atoms with Crippen molar-refractivity contribution in [3.63, 3.8) is 0 Å². The lowest BCUT2D eigenvalue weighted by atomic mass is 9.33. The number of para-hydroxylation sites is 1. The van der Waals surface area contributed by atoms with Gasteiger partial charge in [-0.2, -0.15) is 0 Å². The minimum absolute atomic E-state index is 0.00714. The monoisotopic (exact) mass is 816 g/mol. The van der Waals surface area contributed by atoms with Crippen molar-refractivity contribution in [2.24, 2.45) is 0 Å². The normalized spacial score (nSPS) is 20.3. The minimum Gasteiger partial charge on any atom is -0.334 e. The predicted octanol–water partition coefficient (Wildman–Crippen LogP) is 13.9. The second-order valence-electron chi connectivity index (χ2n) is 23.6. The van der Waals surface area contributed by atoms with Crippen molar-refractivity contribution in [3.8, 4) is 0 Å². The average molecular weight is 816 g/mol. The van der Waals surface area contributed by atoms with Gasteiger partial charge in [0.25, 0.3) is 6.71 Å². The van der Waals surface area contributed by atoms with Crippen LogP contribution >= 0.6 is 0 Å². The van der Waals surface area contributed by atoms with E-state index in [1.165, 1.54) is 96.1 Å². The molecule has 1 aliphatic carbocycles. The van der Waals surface area contributed by atoms with Crippen LogP contribution in [0.3, 0.4) is 0 Å². The van der Waals surface area contributed by atoms with Gasteiger partial charge >= 0.3 is 0 Å². The van der Waals surface area contributed by atoms with Crippen LogP contribution in [-0.4, -0.2) is 12.3 Å². The predicted molar refractivity (Wildman–Crippen MR) is 269 cm³/mol. The van der Waals surface area contributed by atoms with Crippen LogP contribution in [0, 0.1) is 0 Å². The number of anilines is 8. The Bertz CT molecular complexity index is 2660. The van der Waals surface area contributed by atoms with E-state index in [-0.39, 0.29) is 39.3 Å². The Morgan fingerprint density at radius 1 is 0.419 bits per heavy atom. The van der Waals surface area contributed by atoms with Gasteiger partial charge in [0.1, 0.15) is 0 Å². The summed E-state index contributed by atoms with van der Waals surface area (Å²) in [4.78, 5) is 8.02. The van der Waals surface area contributed by atoms with Crippen molar-refractivity contribution in [2.45, 2.75) is 142 Å². The maximum Gasteiger partial charge on any atom is 0.252 e. The Labute approximate surface area is 373 Å². The molecule has 0 N–H and O–H groups in total.